The molecule has 1 aliphatic rings. The van der Waals surface area contributed by atoms with Gasteiger partial charge in [-0.05, 0) is 13.0 Å². The Balaban J connectivity index is 2.55. The van der Waals surface area contributed by atoms with Gasteiger partial charge in [-0.2, -0.15) is 0 Å². The third-order valence-electron chi connectivity index (χ3n) is 1.97. The number of benzene rings is 1. The Labute approximate surface area is 75.5 Å². The van der Waals surface area contributed by atoms with Crippen LogP contribution in [0.5, 0.6) is 0 Å². The Morgan fingerprint density at radius 3 is 3.00 bits per heavy atom. The molecule has 62 valence electrons. The van der Waals surface area contributed by atoms with Crippen molar-refractivity contribution in [2.24, 2.45) is 0 Å². The fraction of sp³-hybridized carbons (Fsp3) is 0.222. The van der Waals surface area contributed by atoms with E-state index in [4.69, 9.17) is 11.6 Å². The summed E-state index contributed by atoms with van der Waals surface area (Å²) in [7, 11) is 0. The summed E-state index contributed by atoms with van der Waals surface area (Å²) in [5, 5.41) is 2.19. The molecule has 0 fully saturated rings. The molecule has 1 unspecified atom stereocenters. The first-order valence-corrected chi connectivity index (χ1v) is 4.17. The van der Waals surface area contributed by atoms with Gasteiger partial charge in [0.05, 0.1) is 0 Å². The molecule has 1 aliphatic heterocycles. The van der Waals surface area contributed by atoms with Crippen molar-refractivity contribution < 1.29 is 4.79 Å². The average molecular weight is 182 g/mol. The van der Waals surface area contributed by atoms with Crippen LogP contribution in [0.15, 0.2) is 18.2 Å². The molecular weight excluding hydrogens is 174 g/mol. The Kier molecular flexibility index (Phi) is 1.58. The zero-order valence-corrected chi connectivity index (χ0v) is 7.35. The van der Waals surface area contributed by atoms with Gasteiger partial charge in [-0.15, -0.1) is 11.6 Å². The van der Waals surface area contributed by atoms with Gasteiger partial charge in [0.1, 0.15) is 5.38 Å². The number of fused-ring (bicyclic) bond motifs is 1. The van der Waals surface area contributed by atoms with E-state index < -0.39 is 5.38 Å². The van der Waals surface area contributed by atoms with E-state index >= 15 is 0 Å². The van der Waals surface area contributed by atoms with E-state index in [-0.39, 0.29) is 5.91 Å². The van der Waals surface area contributed by atoms with Crippen LogP contribution < -0.4 is 5.32 Å². The first-order chi connectivity index (χ1) is 5.68. The van der Waals surface area contributed by atoms with Gasteiger partial charge in [0.15, 0.2) is 0 Å². The molecule has 0 aliphatic carbocycles. The Hall–Kier alpha value is -1.02. The number of hydrogen-bond acceptors (Lipinski definition) is 1. The summed E-state index contributed by atoms with van der Waals surface area (Å²) in [4.78, 5) is 11.1. The average Bonchev–Trinajstić information content (AvgIpc) is 2.31. The molecule has 0 spiro atoms. The van der Waals surface area contributed by atoms with Crippen LogP contribution in [0.25, 0.3) is 0 Å². The van der Waals surface area contributed by atoms with Crippen LogP contribution in [-0.2, 0) is 4.79 Å². The van der Waals surface area contributed by atoms with E-state index in [2.05, 4.69) is 5.32 Å². The van der Waals surface area contributed by atoms with Crippen molar-refractivity contribution >= 4 is 23.2 Å². The third kappa shape index (κ3) is 0.994. The number of carbonyl (C=O) groups excluding carboxylic acids is 1. The summed E-state index contributed by atoms with van der Waals surface area (Å²) in [5.41, 5.74) is 2.85. The number of halogens is 1. The van der Waals surface area contributed by atoms with E-state index in [9.17, 15) is 4.79 Å². The van der Waals surface area contributed by atoms with Crippen molar-refractivity contribution in [2.45, 2.75) is 12.3 Å². The fourth-order valence-corrected chi connectivity index (χ4v) is 1.58. The molecule has 0 radical (unpaired) electrons. The molecule has 3 heteroatoms. The summed E-state index contributed by atoms with van der Waals surface area (Å²) in [6.45, 7) is 1.98. The minimum absolute atomic E-state index is 0.128. The van der Waals surface area contributed by atoms with Crippen LogP contribution in [0.1, 0.15) is 16.5 Å². The number of nitrogens with one attached hydrogen (secondary N) is 1. The number of alkyl halides is 1. The van der Waals surface area contributed by atoms with Crippen LogP contribution in [0, 0.1) is 6.92 Å². The predicted molar refractivity (Wildman–Crippen MR) is 48.4 cm³/mol. The van der Waals surface area contributed by atoms with E-state index in [1.807, 2.05) is 25.1 Å². The molecule has 0 saturated heterocycles. The number of hydrogen-bond donors (Lipinski definition) is 1. The molecule has 2 nitrogen and oxygen atoms in total. The highest BCUT2D eigenvalue weighted by atomic mass is 35.5. The summed E-state index contributed by atoms with van der Waals surface area (Å²) in [6, 6.07) is 5.77. The number of anilines is 1. The number of aryl methyl sites for hydroxylation is 1. The lowest BCUT2D eigenvalue weighted by molar-refractivity contribution is -0.115. The largest absolute Gasteiger partial charge is 0.324 e. The summed E-state index contributed by atoms with van der Waals surface area (Å²) in [5.74, 6) is -0.128. The van der Waals surface area contributed by atoms with Gasteiger partial charge in [-0.1, -0.05) is 17.7 Å². The van der Waals surface area contributed by atoms with E-state index in [0.29, 0.717) is 0 Å². The van der Waals surface area contributed by atoms with Crippen LogP contribution >= 0.6 is 11.6 Å². The van der Waals surface area contributed by atoms with Crippen molar-refractivity contribution in [1.29, 1.82) is 0 Å². The van der Waals surface area contributed by atoms with Crippen molar-refractivity contribution in [1.82, 2.24) is 0 Å². The zero-order valence-electron chi connectivity index (χ0n) is 6.60. The van der Waals surface area contributed by atoms with Gasteiger partial charge in [0, 0.05) is 11.3 Å². The first-order valence-electron chi connectivity index (χ1n) is 3.74. The van der Waals surface area contributed by atoms with Crippen LogP contribution in [0.4, 0.5) is 5.69 Å². The second kappa shape index (κ2) is 2.49. The maximum atomic E-state index is 11.1. The molecule has 2 rings (SSSR count). The molecule has 1 atom stereocenters. The van der Waals surface area contributed by atoms with Crippen molar-refractivity contribution in [3.63, 3.8) is 0 Å². The lowest BCUT2D eigenvalue weighted by Crippen LogP contribution is -2.06. The standard InChI is InChI=1S/C9H8ClNO/c1-5-2-3-7-6(4-5)8(10)9(12)11-7/h2-4,8H,1H3,(H,11,12). The maximum Gasteiger partial charge on any atom is 0.247 e. The second-order valence-electron chi connectivity index (χ2n) is 2.94. The Morgan fingerprint density at radius 1 is 1.50 bits per heavy atom. The topological polar surface area (TPSA) is 29.1 Å². The van der Waals surface area contributed by atoms with Crippen LogP contribution in [0.3, 0.4) is 0 Å². The van der Waals surface area contributed by atoms with Crippen molar-refractivity contribution in [2.75, 3.05) is 5.32 Å². The highest BCUT2D eigenvalue weighted by Gasteiger charge is 2.27. The van der Waals surface area contributed by atoms with Crippen molar-refractivity contribution in [3.8, 4) is 0 Å². The van der Waals surface area contributed by atoms with Crippen molar-refractivity contribution in [3.05, 3.63) is 29.3 Å². The molecule has 0 aromatic heterocycles. The molecule has 1 N–H and O–H groups in total. The van der Waals surface area contributed by atoms with Gasteiger partial charge in [0.25, 0.3) is 0 Å². The summed E-state index contributed by atoms with van der Waals surface area (Å²) < 4.78 is 0. The molecule has 1 amide bonds. The minimum atomic E-state index is -0.514. The van der Waals surface area contributed by atoms with E-state index in [1.54, 1.807) is 0 Å². The summed E-state index contributed by atoms with van der Waals surface area (Å²) >= 11 is 5.85. The zero-order chi connectivity index (χ0) is 8.72. The van der Waals surface area contributed by atoms with Gasteiger partial charge in [-0.25, -0.2) is 0 Å². The van der Waals surface area contributed by atoms with Gasteiger partial charge < -0.3 is 5.32 Å². The highest BCUT2D eigenvalue weighted by Crippen LogP contribution is 2.35. The van der Waals surface area contributed by atoms with Gasteiger partial charge in [0.2, 0.25) is 5.91 Å². The molecule has 0 bridgehead atoms. The molecule has 1 aromatic carbocycles. The minimum Gasteiger partial charge on any atom is -0.324 e. The molecule has 1 heterocycles. The van der Waals surface area contributed by atoms with Gasteiger partial charge >= 0.3 is 0 Å². The highest BCUT2D eigenvalue weighted by molar-refractivity contribution is 6.35. The molecule has 1 aromatic rings. The second-order valence-corrected chi connectivity index (χ2v) is 3.38. The predicted octanol–water partition coefficient (Wildman–Crippen LogP) is 2.23. The molecule has 0 saturated carbocycles. The lowest BCUT2D eigenvalue weighted by Gasteiger charge is -1.99. The maximum absolute atomic E-state index is 11.1. The molecule has 12 heavy (non-hydrogen) atoms. The Bertz CT molecular complexity index is 348. The number of amides is 1. The van der Waals surface area contributed by atoms with E-state index in [1.165, 1.54) is 0 Å². The first kappa shape index (κ1) is 7.62. The van der Waals surface area contributed by atoms with Crippen LogP contribution in [0.2, 0.25) is 0 Å². The van der Waals surface area contributed by atoms with Gasteiger partial charge in [-0.3, -0.25) is 4.79 Å². The fourth-order valence-electron chi connectivity index (χ4n) is 1.34. The van der Waals surface area contributed by atoms with Crippen LogP contribution in [-0.4, -0.2) is 5.91 Å². The number of rotatable bonds is 0. The Morgan fingerprint density at radius 2 is 2.25 bits per heavy atom. The monoisotopic (exact) mass is 181 g/mol. The van der Waals surface area contributed by atoms with E-state index in [0.717, 1.165) is 16.8 Å². The lowest BCUT2D eigenvalue weighted by atomic mass is 10.1. The number of carbonyl (C=O) groups is 1. The third-order valence-corrected chi connectivity index (χ3v) is 2.40. The summed E-state index contributed by atoms with van der Waals surface area (Å²) in [6.07, 6.45) is 0. The normalized spacial score (nSPS) is 20.5. The quantitative estimate of drug-likeness (QED) is 0.611. The smallest absolute Gasteiger partial charge is 0.247 e. The molecular formula is C9H8ClNO. The SMILES string of the molecule is Cc1ccc2c(c1)C(Cl)C(=O)N2.